The highest BCUT2D eigenvalue weighted by Gasteiger charge is 2.67. The van der Waals surface area contributed by atoms with E-state index >= 15 is 0 Å². The van der Waals surface area contributed by atoms with E-state index in [2.05, 4.69) is 19.9 Å². The molecule has 4 aliphatic rings. The van der Waals surface area contributed by atoms with Crippen LogP contribution in [0.25, 0.3) is 0 Å². The molecule has 0 amide bonds. The maximum Gasteiger partial charge on any atom is 0.303 e. The molecule has 4 heteroatoms. The van der Waals surface area contributed by atoms with Crippen LogP contribution < -0.4 is 0 Å². The van der Waals surface area contributed by atoms with Crippen LogP contribution in [0.1, 0.15) is 79.1 Å². The molecule has 3 fully saturated rings. The van der Waals surface area contributed by atoms with Crippen molar-refractivity contribution in [1.82, 2.24) is 0 Å². The van der Waals surface area contributed by atoms with Gasteiger partial charge in [-0.2, -0.15) is 0 Å². The van der Waals surface area contributed by atoms with Crippen molar-refractivity contribution in [3.8, 4) is 0 Å². The molecule has 0 aromatic carbocycles. The van der Waals surface area contributed by atoms with Crippen molar-refractivity contribution >= 4 is 11.8 Å². The Balaban J connectivity index is 1.70. The summed E-state index contributed by atoms with van der Waals surface area (Å²) in [6.07, 6.45) is 9.68. The summed E-state index contributed by atoms with van der Waals surface area (Å²) in [6.45, 7) is 7.64. The van der Waals surface area contributed by atoms with Crippen LogP contribution in [-0.2, 0) is 14.3 Å². The fourth-order valence-corrected chi connectivity index (χ4v) is 7.70. The molecule has 4 rings (SSSR count). The number of allylic oxidation sites excluding steroid dienone is 1. The SMILES string of the molecule is CC(=O)O[C@]1(C(C)=O)CC[C@H]2[C@@H]3CC=C4C[C@@H](O)CC[C@]4(C)[C@H]3CC[C@@]21C. The number of carbonyl (C=O) groups excluding carboxylic acids is 2. The molecule has 0 radical (unpaired) electrons. The summed E-state index contributed by atoms with van der Waals surface area (Å²) in [7, 11) is 0. The van der Waals surface area contributed by atoms with Crippen molar-refractivity contribution < 1.29 is 19.4 Å². The highest BCUT2D eigenvalue weighted by molar-refractivity contribution is 5.89. The molecular weight excluding hydrogens is 340 g/mol. The smallest absolute Gasteiger partial charge is 0.303 e. The summed E-state index contributed by atoms with van der Waals surface area (Å²) >= 11 is 0. The molecule has 4 nitrogen and oxygen atoms in total. The Hall–Kier alpha value is -1.16. The summed E-state index contributed by atoms with van der Waals surface area (Å²) in [6, 6.07) is 0. The number of rotatable bonds is 2. The molecule has 27 heavy (non-hydrogen) atoms. The first-order chi connectivity index (χ1) is 12.6. The van der Waals surface area contributed by atoms with Gasteiger partial charge in [-0.15, -0.1) is 0 Å². The van der Waals surface area contributed by atoms with Crippen molar-refractivity contribution in [2.75, 3.05) is 0 Å². The Morgan fingerprint density at radius 2 is 1.78 bits per heavy atom. The minimum absolute atomic E-state index is 0.0141. The van der Waals surface area contributed by atoms with Gasteiger partial charge in [0, 0.05) is 12.3 Å². The summed E-state index contributed by atoms with van der Waals surface area (Å²) < 4.78 is 5.82. The Morgan fingerprint density at radius 3 is 2.44 bits per heavy atom. The molecule has 0 saturated heterocycles. The van der Waals surface area contributed by atoms with Crippen molar-refractivity contribution in [3.63, 3.8) is 0 Å². The van der Waals surface area contributed by atoms with Gasteiger partial charge in [-0.1, -0.05) is 25.5 Å². The molecule has 0 unspecified atom stereocenters. The van der Waals surface area contributed by atoms with Crippen LogP contribution in [0.15, 0.2) is 11.6 Å². The number of aliphatic hydroxyl groups is 1. The molecule has 4 aliphatic carbocycles. The highest BCUT2D eigenvalue weighted by atomic mass is 16.6. The van der Waals surface area contributed by atoms with Crippen molar-refractivity contribution in [1.29, 1.82) is 0 Å². The number of ketones is 1. The van der Waals surface area contributed by atoms with Crippen molar-refractivity contribution in [3.05, 3.63) is 11.6 Å². The number of ether oxygens (including phenoxy) is 1. The summed E-state index contributed by atoms with van der Waals surface area (Å²) in [4.78, 5) is 24.6. The minimum Gasteiger partial charge on any atom is -0.451 e. The first-order valence-corrected chi connectivity index (χ1v) is 10.7. The monoisotopic (exact) mass is 374 g/mol. The highest BCUT2D eigenvalue weighted by Crippen LogP contribution is 2.68. The molecule has 150 valence electrons. The second-order valence-corrected chi connectivity index (χ2v) is 10.1. The number of fused-ring (bicyclic) bond motifs is 5. The number of esters is 1. The van der Waals surface area contributed by atoms with Crippen molar-refractivity contribution in [2.24, 2.45) is 28.6 Å². The fourth-order valence-electron chi connectivity index (χ4n) is 7.70. The van der Waals surface area contributed by atoms with Gasteiger partial charge in [-0.3, -0.25) is 9.59 Å². The van der Waals surface area contributed by atoms with Gasteiger partial charge in [0.15, 0.2) is 11.4 Å². The van der Waals surface area contributed by atoms with E-state index in [9.17, 15) is 14.7 Å². The molecule has 1 N–H and O–H groups in total. The quantitative estimate of drug-likeness (QED) is 0.581. The summed E-state index contributed by atoms with van der Waals surface area (Å²) in [5.41, 5.74) is 0.442. The lowest BCUT2D eigenvalue weighted by atomic mass is 9.46. The third-order valence-electron chi connectivity index (χ3n) is 9.08. The molecule has 0 heterocycles. The van der Waals surface area contributed by atoms with Gasteiger partial charge >= 0.3 is 5.97 Å². The zero-order valence-corrected chi connectivity index (χ0v) is 17.2. The minimum atomic E-state index is -0.942. The predicted molar refractivity (Wildman–Crippen MR) is 103 cm³/mol. The predicted octanol–water partition coefficient (Wildman–Crippen LogP) is 4.20. The lowest BCUT2D eigenvalue weighted by Crippen LogP contribution is -2.58. The van der Waals surface area contributed by atoms with Gasteiger partial charge in [0.2, 0.25) is 0 Å². The second-order valence-electron chi connectivity index (χ2n) is 10.1. The van der Waals surface area contributed by atoms with Crippen LogP contribution in [0.2, 0.25) is 0 Å². The standard InChI is InChI=1S/C23H34O4/c1-14(24)23(27-15(2)25)12-9-20-18-6-5-16-13-17(26)7-10-21(16,3)19(18)8-11-22(20,23)4/h5,17-20,26H,6-13H2,1-4H3/t17-,18+,19-,20-,21-,22-,23-/m0/s1. The normalized spacial score (nSPS) is 48.7. The zero-order chi connectivity index (χ0) is 19.6. The average molecular weight is 375 g/mol. The fraction of sp³-hybridized carbons (Fsp3) is 0.826. The molecular formula is C23H34O4. The Morgan fingerprint density at radius 1 is 1.07 bits per heavy atom. The second kappa shape index (κ2) is 6.17. The Kier molecular flexibility index (Phi) is 4.38. The Labute approximate surface area is 162 Å². The third-order valence-corrected chi connectivity index (χ3v) is 9.08. The van der Waals surface area contributed by atoms with Gasteiger partial charge in [0.05, 0.1) is 6.10 Å². The van der Waals surface area contributed by atoms with Crippen LogP contribution in [-0.4, -0.2) is 28.6 Å². The van der Waals surface area contributed by atoms with Crippen LogP contribution >= 0.6 is 0 Å². The maximum atomic E-state index is 12.7. The molecule has 0 bridgehead atoms. The molecule has 0 aromatic heterocycles. The van der Waals surface area contributed by atoms with Crippen LogP contribution in [0.3, 0.4) is 0 Å². The summed E-state index contributed by atoms with van der Waals surface area (Å²) in [5.74, 6) is 1.25. The van der Waals surface area contributed by atoms with E-state index < -0.39 is 5.60 Å². The first-order valence-electron chi connectivity index (χ1n) is 10.7. The van der Waals surface area contributed by atoms with E-state index in [1.807, 2.05) is 0 Å². The molecule has 7 atom stereocenters. The number of aliphatic hydroxyl groups excluding tert-OH is 1. The van der Waals surface area contributed by atoms with E-state index in [1.165, 1.54) is 12.5 Å². The van der Waals surface area contributed by atoms with Gasteiger partial charge in [0.25, 0.3) is 0 Å². The van der Waals surface area contributed by atoms with Crippen LogP contribution in [0, 0.1) is 28.6 Å². The number of carbonyl (C=O) groups is 2. The topological polar surface area (TPSA) is 63.6 Å². The lowest BCUT2D eigenvalue weighted by molar-refractivity contribution is -0.186. The number of hydrogen-bond acceptors (Lipinski definition) is 4. The van der Waals surface area contributed by atoms with Gasteiger partial charge in [-0.05, 0) is 81.5 Å². The largest absolute Gasteiger partial charge is 0.451 e. The van der Waals surface area contributed by atoms with Gasteiger partial charge in [-0.25, -0.2) is 0 Å². The summed E-state index contributed by atoms with van der Waals surface area (Å²) in [5, 5.41) is 10.1. The molecule has 0 aliphatic heterocycles. The molecule has 3 saturated carbocycles. The van der Waals surface area contributed by atoms with E-state index in [-0.39, 0.29) is 28.7 Å². The lowest BCUT2D eigenvalue weighted by Gasteiger charge is -2.59. The van der Waals surface area contributed by atoms with E-state index in [4.69, 9.17) is 4.74 Å². The number of hydrogen-bond donors (Lipinski definition) is 1. The Bertz CT molecular complexity index is 696. The van der Waals surface area contributed by atoms with E-state index in [0.29, 0.717) is 24.2 Å². The van der Waals surface area contributed by atoms with Crippen LogP contribution in [0.4, 0.5) is 0 Å². The maximum absolute atomic E-state index is 12.7. The number of Topliss-reactive ketones (excluding diaryl/α,β-unsaturated/α-hetero) is 1. The van der Waals surface area contributed by atoms with Crippen LogP contribution in [0.5, 0.6) is 0 Å². The van der Waals surface area contributed by atoms with Crippen molar-refractivity contribution in [2.45, 2.75) is 90.8 Å². The molecule has 0 spiro atoms. The van der Waals surface area contributed by atoms with E-state index in [1.54, 1.807) is 6.92 Å². The third kappa shape index (κ3) is 2.51. The first kappa shape index (κ1) is 19.2. The van der Waals surface area contributed by atoms with E-state index in [0.717, 1.165) is 44.9 Å². The average Bonchev–Trinajstić information content (AvgIpc) is 2.89. The van der Waals surface area contributed by atoms with Gasteiger partial charge in [0.1, 0.15) is 0 Å². The molecule has 0 aromatic rings. The zero-order valence-electron chi connectivity index (χ0n) is 17.2. The van der Waals surface area contributed by atoms with Gasteiger partial charge < -0.3 is 9.84 Å².